The van der Waals surface area contributed by atoms with Crippen LogP contribution in [0, 0.1) is 18.3 Å². The summed E-state index contributed by atoms with van der Waals surface area (Å²) in [6.45, 7) is 3.30. The molecule has 0 bridgehead atoms. The summed E-state index contributed by atoms with van der Waals surface area (Å²) < 4.78 is 5.77. The lowest BCUT2D eigenvalue weighted by molar-refractivity contribution is -0.114. The van der Waals surface area contributed by atoms with E-state index in [1.54, 1.807) is 30.3 Å². The summed E-state index contributed by atoms with van der Waals surface area (Å²) in [4.78, 5) is 11.2. The Morgan fingerprint density at radius 1 is 1.25 bits per heavy atom. The van der Waals surface area contributed by atoms with Gasteiger partial charge in [0.1, 0.15) is 5.75 Å². The zero-order chi connectivity index (χ0) is 14.5. The molecule has 0 aromatic heterocycles. The Hall–Kier alpha value is -2.80. The molecule has 0 atom stereocenters. The van der Waals surface area contributed by atoms with E-state index < -0.39 is 0 Å². The van der Waals surface area contributed by atoms with Gasteiger partial charge in [-0.1, -0.05) is 12.1 Å². The lowest BCUT2D eigenvalue weighted by Crippen LogP contribution is -2.06. The molecule has 0 saturated heterocycles. The first-order chi connectivity index (χ1) is 9.60. The molecule has 2 aromatic rings. The van der Waals surface area contributed by atoms with Crippen molar-refractivity contribution in [2.24, 2.45) is 0 Å². The average Bonchev–Trinajstić information content (AvgIpc) is 2.41. The number of nitrogens with zero attached hydrogens (tertiary/aromatic N) is 1. The highest BCUT2D eigenvalue weighted by molar-refractivity contribution is 5.90. The van der Waals surface area contributed by atoms with Crippen LogP contribution in [0.5, 0.6) is 11.5 Å². The van der Waals surface area contributed by atoms with E-state index >= 15 is 0 Å². The van der Waals surface area contributed by atoms with Gasteiger partial charge in [-0.3, -0.25) is 4.79 Å². The first kappa shape index (κ1) is 13.6. The average molecular weight is 266 g/mol. The van der Waals surface area contributed by atoms with Crippen molar-refractivity contribution in [3.63, 3.8) is 0 Å². The standard InChI is InChI=1S/C16H14N2O2/c1-11-9-14(8-7-13(11)10-17)20-16-6-4-3-5-15(16)18-12(2)19/h3-9H,1-2H3,(H,18,19). The molecule has 2 rings (SSSR count). The Kier molecular flexibility index (Phi) is 4.02. The smallest absolute Gasteiger partial charge is 0.221 e. The number of ether oxygens (including phenoxy) is 1. The molecule has 0 saturated carbocycles. The van der Waals surface area contributed by atoms with Crippen molar-refractivity contribution >= 4 is 11.6 Å². The summed E-state index contributed by atoms with van der Waals surface area (Å²) >= 11 is 0. The Morgan fingerprint density at radius 3 is 2.65 bits per heavy atom. The predicted molar refractivity (Wildman–Crippen MR) is 76.7 cm³/mol. The number of carbonyl (C=O) groups is 1. The summed E-state index contributed by atoms with van der Waals surface area (Å²) in [5.74, 6) is 1.03. The minimum absolute atomic E-state index is 0.156. The van der Waals surface area contributed by atoms with Gasteiger partial charge in [0.15, 0.2) is 5.75 Å². The largest absolute Gasteiger partial charge is 0.455 e. The maximum Gasteiger partial charge on any atom is 0.221 e. The van der Waals surface area contributed by atoms with E-state index in [4.69, 9.17) is 10.00 Å². The van der Waals surface area contributed by atoms with Crippen molar-refractivity contribution < 1.29 is 9.53 Å². The number of para-hydroxylation sites is 2. The second-order valence-corrected chi connectivity index (χ2v) is 4.37. The minimum atomic E-state index is -0.156. The maximum absolute atomic E-state index is 11.2. The number of hydrogen-bond acceptors (Lipinski definition) is 3. The van der Waals surface area contributed by atoms with Gasteiger partial charge in [-0.15, -0.1) is 0 Å². The second kappa shape index (κ2) is 5.89. The van der Waals surface area contributed by atoms with Crippen LogP contribution < -0.4 is 10.1 Å². The van der Waals surface area contributed by atoms with Crippen molar-refractivity contribution in [1.29, 1.82) is 5.26 Å². The molecule has 0 aliphatic heterocycles. The fourth-order valence-corrected chi connectivity index (χ4v) is 1.80. The number of aryl methyl sites for hydroxylation is 1. The monoisotopic (exact) mass is 266 g/mol. The molecular weight excluding hydrogens is 252 g/mol. The van der Waals surface area contributed by atoms with Crippen molar-refractivity contribution in [2.75, 3.05) is 5.32 Å². The molecule has 0 heterocycles. The maximum atomic E-state index is 11.2. The second-order valence-electron chi connectivity index (χ2n) is 4.37. The van der Waals surface area contributed by atoms with Crippen molar-refractivity contribution in [2.45, 2.75) is 13.8 Å². The van der Waals surface area contributed by atoms with Gasteiger partial charge in [0.05, 0.1) is 17.3 Å². The van der Waals surface area contributed by atoms with Gasteiger partial charge < -0.3 is 10.1 Å². The first-order valence-corrected chi connectivity index (χ1v) is 6.15. The molecule has 2 aromatic carbocycles. The zero-order valence-electron chi connectivity index (χ0n) is 11.3. The molecule has 0 aliphatic carbocycles. The number of nitrogens with one attached hydrogen (secondary N) is 1. The molecular formula is C16H14N2O2. The van der Waals surface area contributed by atoms with Gasteiger partial charge >= 0.3 is 0 Å². The Labute approximate surface area is 117 Å². The molecule has 4 nitrogen and oxygen atoms in total. The van der Waals surface area contributed by atoms with Crippen LogP contribution in [-0.2, 0) is 4.79 Å². The predicted octanol–water partition coefficient (Wildman–Crippen LogP) is 3.62. The third-order valence-corrected chi connectivity index (χ3v) is 2.74. The van der Waals surface area contributed by atoms with Gasteiger partial charge in [0.2, 0.25) is 5.91 Å². The Balaban J connectivity index is 2.28. The highest BCUT2D eigenvalue weighted by Crippen LogP contribution is 2.30. The molecule has 1 amide bonds. The number of carbonyl (C=O) groups excluding carboxylic acids is 1. The summed E-state index contributed by atoms with van der Waals surface area (Å²) in [5.41, 5.74) is 2.08. The van der Waals surface area contributed by atoms with E-state index in [1.165, 1.54) is 6.92 Å². The van der Waals surface area contributed by atoms with Crippen LogP contribution in [0.2, 0.25) is 0 Å². The summed E-state index contributed by atoms with van der Waals surface area (Å²) in [7, 11) is 0. The van der Waals surface area contributed by atoms with Gasteiger partial charge in [0, 0.05) is 6.92 Å². The van der Waals surface area contributed by atoms with Crippen LogP contribution in [0.15, 0.2) is 42.5 Å². The molecule has 4 heteroatoms. The van der Waals surface area contributed by atoms with Crippen LogP contribution in [0.3, 0.4) is 0 Å². The number of nitriles is 1. The molecule has 1 N–H and O–H groups in total. The highest BCUT2D eigenvalue weighted by Gasteiger charge is 2.07. The van der Waals surface area contributed by atoms with Crippen LogP contribution >= 0.6 is 0 Å². The molecule has 0 fully saturated rings. The molecule has 0 unspecified atom stereocenters. The van der Waals surface area contributed by atoms with Crippen LogP contribution in [0.1, 0.15) is 18.1 Å². The van der Waals surface area contributed by atoms with Crippen LogP contribution in [-0.4, -0.2) is 5.91 Å². The molecule has 20 heavy (non-hydrogen) atoms. The van der Waals surface area contributed by atoms with E-state index in [9.17, 15) is 4.79 Å². The van der Waals surface area contributed by atoms with Gasteiger partial charge in [-0.25, -0.2) is 0 Å². The van der Waals surface area contributed by atoms with E-state index in [-0.39, 0.29) is 5.91 Å². The summed E-state index contributed by atoms with van der Waals surface area (Å²) in [5, 5.41) is 11.6. The number of amides is 1. The fourth-order valence-electron chi connectivity index (χ4n) is 1.80. The van der Waals surface area contributed by atoms with Crippen LogP contribution in [0.4, 0.5) is 5.69 Å². The van der Waals surface area contributed by atoms with Gasteiger partial charge in [-0.05, 0) is 42.8 Å². The summed E-state index contributed by atoms with van der Waals surface area (Å²) in [6, 6.07) is 14.6. The first-order valence-electron chi connectivity index (χ1n) is 6.15. The van der Waals surface area contributed by atoms with Gasteiger partial charge in [-0.2, -0.15) is 5.26 Å². The minimum Gasteiger partial charge on any atom is -0.455 e. The number of benzene rings is 2. The molecule has 0 spiro atoms. The van der Waals surface area contributed by atoms with E-state index in [2.05, 4.69) is 11.4 Å². The third kappa shape index (κ3) is 3.15. The molecule has 100 valence electrons. The molecule has 0 radical (unpaired) electrons. The number of hydrogen-bond donors (Lipinski definition) is 1. The Bertz CT molecular complexity index is 687. The molecule has 0 aliphatic rings. The van der Waals surface area contributed by atoms with E-state index in [0.717, 1.165) is 5.56 Å². The van der Waals surface area contributed by atoms with Crippen molar-refractivity contribution in [1.82, 2.24) is 0 Å². The van der Waals surface area contributed by atoms with E-state index in [1.807, 2.05) is 19.1 Å². The van der Waals surface area contributed by atoms with Crippen molar-refractivity contribution in [3.8, 4) is 17.6 Å². The van der Waals surface area contributed by atoms with Crippen LogP contribution in [0.25, 0.3) is 0 Å². The third-order valence-electron chi connectivity index (χ3n) is 2.74. The lowest BCUT2D eigenvalue weighted by Gasteiger charge is -2.11. The fraction of sp³-hybridized carbons (Fsp3) is 0.125. The van der Waals surface area contributed by atoms with E-state index in [0.29, 0.717) is 22.7 Å². The topological polar surface area (TPSA) is 62.1 Å². The Morgan fingerprint density at radius 2 is 2.00 bits per heavy atom. The normalized spacial score (nSPS) is 9.65. The SMILES string of the molecule is CC(=O)Nc1ccccc1Oc1ccc(C#N)c(C)c1. The quantitative estimate of drug-likeness (QED) is 0.922. The highest BCUT2D eigenvalue weighted by atomic mass is 16.5. The van der Waals surface area contributed by atoms with Crippen molar-refractivity contribution in [3.05, 3.63) is 53.6 Å². The lowest BCUT2D eigenvalue weighted by atomic mass is 10.1. The summed E-state index contributed by atoms with van der Waals surface area (Å²) in [6.07, 6.45) is 0. The number of rotatable bonds is 3. The van der Waals surface area contributed by atoms with Gasteiger partial charge in [0.25, 0.3) is 0 Å². The number of anilines is 1. The zero-order valence-corrected chi connectivity index (χ0v) is 11.3.